The van der Waals surface area contributed by atoms with Crippen LogP contribution in [0.2, 0.25) is 0 Å². The van der Waals surface area contributed by atoms with Gasteiger partial charge in [0.25, 0.3) is 0 Å². The zero-order valence-corrected chi connectivity index (χ0v) is 12.7. The van der Waals surface area contributed by atoms with Crippen molar-refractivity contribution in [2.45, 2.75) is 6.61 Å². The molecule has 0 bridgehead atoms. The maximum Gasteiger partial charge on any atom is 0.130 e. The fourth-order valence-electron chi connectivity index (χ4n) is 1.74. The first-order valence-electron chi connectivity index (χ1n) is 6.20. The number of ether oxygens (including phenoxy) is 1. The molecule has 0 saturated heterocycles. The van der Waals surface area contributed by atoms with E-state index in [0.717, 1.165) is 15.6 Å². The molecular weight excluding hydrogens is 328 g/mol. The van der Waals surface area contributed by atoms with Crippen LogP contribution in [0.4, 0.5) is 0 Å². The summed E-state index contributed by atoms with van der Waals surface area (Å²) >= 11 is 3.42. The van der Waals surface area contributed by atoms with Gasteiger partial charge in [-0.2, -0.15) is 10.5 Å². The van der Waals surface area contributed by atoms with E-state index in [9.17, 15) is 0 Å². The lowest BCUT2D eigenvalue weighted by atomic mass is 10.1. The third-order valence-corrected chi connectivity index (χ3v) is 3.20. The van der Waals surface area contributed by atoms with Gasteiger partial charge in [0.15, 0.2) is 0 Å². The fraction of sp³-hybridized carbons (Fsp3) is 0.0588. The van der Waals surface area contributed by atoms with Crippen molar-refractivity contribution >= 4 is 22.0 Å². The van der Waals surface area contributed by atoms with Crippen molar-refractivity contribution in [3.8, 4) is 17.9 Å². The third-order valence-electron chi connectivity index (χ3n) is 2.70. The Balaban J connectivity index is 2.10. The molecule has 0 atom stereocenters. The highest BCUT2D eigenvalue weighted by atomic mass is 79.9. The molecule has 0 radical (unpaired) electrons. The predicted octanol–water partition coefficient (Wildman–Crippen LogP) is 4.46. The second-order valence-electron chi connectivity index (χ2n) is 4.27. The summed E-state index contributed by atoms with van der Waals surface area (Å²) in [4.78, 5) is 0. The van der Waals surface area contributed by atoms with E-state index in [1.165, 1.54) is 6.08 Å². The van der Waals surface area contributed by atoms with Gasteiger partial charge < -0.3 is 4.74 Å². The lowest BCUT2D eigenvalue weighted by Crippen LogP contribution is -1.95. The van der Waals surface area contributed by atoms with Crippen LogP contribution in [0.25, 0.3) is 6.08 Å². The molecule has 21 heavy (non-hydrogen) atoms. The molecule has 3 nitrogen and oxygen atoms in total. The smallest absolute Gasteiger partial charge is 0.130 e. The van der Waals surface area contributed by atoms with Gasteiger partial charge in [0.1, 0.15) is 30.1 Å². The van der Waals surface area contributed by atoms with Crippen molar-refractivity contribution in [1.29, 1.82) is 10.5 Å². The molecule has 0 N–H and O–H groups in total. The van der Waals surface area contributed by atoms with E-state index >= 15 is 0 Å². The summed E-state index contributed by atoms with van der Waals surface area (Å²) in [5, 5.41) is 17.5. The fourth-order valence-corrected chi connectivity index (χ4v) is 2.19. The first-order valence-corrected chi connectivity index (χ1v) is 7.00. The van der Waals surface area contributed by atoms with Gasteiger partial charge in [0.05, 0.1) is 0 Å². The molecule has 0 heterocycles. The predicted molar refractivity (Wildman–Crippen MR) is 84.1 cm³/mol. The quantitative estimate of drug-likeness (QED) is 0.773. The highest BCUT2D eigenvalue weighted by Gasteiger charge is 1.99. The number of hydrogen-bond donors (Lipinski definition) is 0. The molecule has 0 saturated carbocycles. The Hall–Kier alpha value is -2.56. The van der Waals surface area contributed by atoms with Crippen molar-refractivity contribution in [1.82, 2.24) is 0 Å². The molecule has 0 spiro atoms. The van der Waals surface area contributed by atoms with Crippen LogP contribution in [0, 0.1) is 22.7 Å². The Bertz CT molecular complexity index is 738. The van der Waals surface area contributed by atoms with Gasteiger partial charge in [-0.3, -0.25) is 0 Å². The molecule has 0 aromatic heterocycles. The Labute approximate surface area is 131 Å². The zero-order chi connectivity index (χ0) is 15.1. The van der Waals surface area contributed by atoms with E-state index in [1.54, 1.807) is 6.07 Å². The highest BCUT2D eigenvalue weighted by Crippen LogP contribution is 2.18. The molecule has 0 amide bonds. The second-order valence-corrected chi connectivity index (χ2v) is 5.19. The first kappa shape index (κ1) is 14.8. The van der Waals surface area contributed by atoms with Gasteiger partial charge in [-0.1, -0.05) is 40.2 Å². The topological polar surface area (TPSA) is 56.8 Å². The molecule has 0 aliphatic heterocycles. The van der Waals surface area contributed by atoms with Crippen molar-refractivity contribution in [2.75, 3.05) is 0 Å². The molecule has 0 fully saturated rings. The Morgan fingerprint density at radius 2 is 1.86 bits per heavy atom. The molecule has 2 aromatic rings. The third kappa shape index (κ3) is 4.49. The van der Waals surface area contributed by atoms with Crippen molar-refractivity contribution in [3.05, 3.63) is 69.7 Å². The summed E-state index contributed by atoms with van der Waals surface area (Å²) in [6.07, 6.45) is 1.53. The molecule has 0 aliphatic carbocycles. The highest BCUT2D eigenvalue weighted by molar-refractivity contribution is 9.10. The maximum absolute atomic E-state index is 8.76. The molecule has 102 valence electrons. The summed E-state index contributed by atoms with van der Waals surface area (Å²) in [7, 11) is 0. The van der Waals surface area contributed by atoms with Crippen LogP contribution in [0.1, 0.15) is 11.1 Å². The lowest BCUT2D eigenvalue weighted by Gasteiger charge is -2.07. The monoisotopic (exact) mass is 338 g/mol. The number of hydrogen-bond acceptors (Lipinski definition) is 3. The van der Waals surface area contributed by atoms with E-state index < -0.39 is 0 Å². The lowest BCUT2D eigenvalue weighted by molar-refractivity contribution is 0.306. The van der Waals surface area contributed by atoms with Crippen LogP contribution in [0.15, 0.2) is 58.6 Å². The van der Waals surface area contributed by atoms with Gasteiger partial charge in [-0.25, -0.2) is 0 Å². The van der Waals surface area contributed by atoms with Crippen LogP contribution < -0.4 is 4.74 Å². The SMILES string of the molecule is N#CC(C#N)=Cc1cccc(OCc2cccc(Br)c2)c1. The van der Waals surface area contributed by atoms with Crippen molar-refractivity contribution in [2.24, 2.45) is 0 Å². The van der Waals surface area contributed by atoms with Gasteiger partial charge in [0, 0.05) is 4.47 Å². The van der Waals surface area contributed by atoms with Crippen molar-refractivity contribution < 1.29 is 4.74 Å². The normalized spacial score (nSPS) is 9.29. The second kappa shape index (κ2) is 7.28. The number of allylic oxidation sites excluding steroid dienone is 1. The largest absolute Gasteiger partial charge is 0.489 e. The van der Waals surface area contributed by atoms with Gasteiger partial charge in [-0.15, -0.1) is 0 Å². The van der Waals surface area contributed by atoms with Crippen molar-refractivity contribution in [3.63, 3.8) is 0 Å². The Morgan fingerprint density at radius 1 is 1.10 bits per heavy atom. The van der Waals surface area contributed by atoms with E-state index in [0.29, 0.717) is 12.4 Å². The first-order chi connectivity index (χ1) is 10.2. The Morgan fingerprint density at radius 3 is 2.57 bits per heavy atom. The molecule has 4 heteroatoms. The van der Waals surface area contributed by atoms with E-state index in [2.05, 4.69) is 15.9 Å². The van der Waals surface area contributed by atoms with Crippen LogP contribution in [-0.2, 0) is 6.61 Å². The maximum atomic E-state index is 8.76. The van der Waals surface area contributed by atoms with E-state index in [1.807, 2.05) is 54.6 Å². The van der Waals surface area contributed by atoms with Gasteiger partial charge >= 0.3 is 0 Å². The average molecular weight is 339 g/mol. The van der Waals surface area contributed by atoms with Crippen LogP contribution >= 0.6 is 15.9 Å². The number of nitrogens with zero attached hydrogens (tertiary/aromatic N) is 2. The van der Waals surface area contributed by atoms with Crippen LogP contribution in [-0.4, -0.2) is 0 Å². The Kier molecular flexibility index (Phi) is 5.15. The van der Waals surface area contributed by atoms with Gasteiger partial charge in [-0.05, 0) is 41.5 Å². The average Bonchev–Trinajstić information content (AvgIpc) is 2.51. The summed E-state index contributed by atoms with van der Waals surface area (Å²) in [6, 6.07) is 18.9. The minimum absolute atomic E-state index is 0.0686. The van der Waals surface area contributed by atoms with E-state index in [-0.39, 0.29) is 5.57 Å². The van der Waals surface area contributed by atoms with E-state index in [4.69, 9.17) is 15.3 Å². The summed E-state index contributed by atoms with van der Waals surface area (Å²) < 4.78 is 6.73. The summed E-state index contributed by atoms with van der Waals surface area (Å²) in [6.45, 7) is 0.454. The number of halogens is 1. The number of benzene rings is 2. The molecule has 2 rings (SSSR count). The van der Waals surface area contributed by atoms with Crippen LogP contribution in [0.3, 0.4) is 0 Å². The molecular formula is C17H11BrN2O. The zero-order valence-electron chi connectivity index (χ0n) is 11.1. The summed E-state index contributed by atoms with van der Waals surface area (Å²) in [5.41, 5.74) is 1.89. The standard InChI is InChI=1S/C17H11BrN2O/c18-16-5-1-4-14(8-16)12-21-17-6-2-3-13(9-17)7-15(10-19)11-20/h1-9H,12H2. The number of nitriles is 2. The molecule has 0 unspecified atom stereocenters. The molecule has 0 aliphatic rings. The van der Waals surface area contributed by atoms with Gasteiger partial charge in [0.2, 0.25) is 0 Å². The number of rotatable bonds is 4. The van der Waals surface area contributed by atoms with Crippen LogP contribution in [0.5, 0.6) is 5.75 Å². The molecule has 2 aromatic carbocycles. The minimum Gasteiger partial charge on any atom is -0.489 e. The minimum atomic E-state index is 0.0686. The summed E-state index contributed by atoms with van der Waals surface area (Å²) in [5.74, 6) is 0.693.